The van der Waals surface area contributed by atoms with Crippen molar-refractivity contribution in [2.75, 3.05) is 5.32 Å². The number of non-ortho nitro benzene ring substituents is 1. The third-order valence-electron chi connectivity index (χ3n) is 3.57. The van der Waals surface area contributed by atoms with Crippen molar-refractivity contribution in [2.45, 2.75) is 26.2 Å². The van der Waals surface area contributed by atoms with Crippen LogP contribution in [0.1, 0.15) is 26.5 Å². The number of rotatable bonds is 5. The Balaban J connectivity index is 1.78. The minimum atomic E-state index is -0.489. The molecule has 0 aliphatic heterocycles. The van der Waals surface area contributed by atoms with Gasteiger partial charge in [0.25, 0.3) is 5.69 Å². The highest BCUT2D eigenvalue weighted by Gasteiger charge is 2.17. The van der Waals surface area contributed by atoms with Crippen LogP contribution in [0, 0.1) is 10.1 Å². The van der Waals surface area contributed by atoms with E-state index in [1.165, 1.54) is 30.3 Å². The Labute approximate surface area is 159 Å². The van der Waals surface area contributed by atoms with Gasteiger partial charge in [-0.15, -0.1) is 0 Å². The van der Waals surface area contributed by atoms with Crippen molar-refractivity contribution in [1.82, 2.24) is 20.2 Å². The van der Waals surface area contributed by atoms with Crippen LogP contribution in [0.15, 0.2) is 36.4 Å². The summed E-state index contributed by atoms with van der Waals surface area (Å²) in [6.07, 6.45) is 0. The van der Waals surface area contributed by atoms with E-state index >= 15 is 0 Å². The Bertz CT molecular complexity index is 966. The van der Waals surface area contributed by atoms with E-state index in [1.807, 2.05) is 6.07 Å². The molecule has 0 saturated heterocycles. The van der Waals surface area contributed by atoms with Crippen molar-refractivity contribution in [3.05, 3.63) is 57.4 Å². The molecule has 27 heavy (non-hydrogen) atoms. The normalized spacial score (nSPS) is 11.3. The Morgan fingerprint density at radius 3 is 2.44 bits per heavy atom. The van der Waals surface area contributed by atoms with Crippen molar-refractivity contribution in [3.63, 3.8) is 0 Å². The third kappa shape index (κ3) is 4.70. The van der Waals surface area contributed by atoms with E-state index in [0.717, 1.165) is 5.69 Å². The fourth-order valence-corrected chi connectivity index (χ4v) is 2.32. The Kier molecular flexibility index (Phi) is 4.95. The van der Waals surface area contributed by atoms with Crippen molar-refractivity contribution in [3.8, 4) is 11.8 Å². The minimum Gasteiger partial charge on any atom is -0.424 e. The zero-order chi connectivity index (χ0) is 19.6. The van der Waals surface area contributed by atoms with Gasteiger partial charge in [-0.05, 0) is 12.1 Å². The van der Waals surface area contributed by atoms with Crippen LogP contribution in [0.5, 0.6) is 11.8 Å². The highest BCUT2D eigenvalue weighted by Crippen LogP contribution is 2.26. The summed E-state index contributed by atoms with van der Waals surface area (Å²) in [7, 11) is 0. The van der Waals surface area contributed by atoms with E-state index in [9.17, 15) is 10.1 Å². The van der Waals surface area contributed by atoms with Gasteiger partial charge in [-0.2, -0.15) is 15.1 Å². The average molecular weight is 389 g/mol. The molecule has 0 spiro atoms. The van der Waals surface area contributed by atoms with Crippen LogP contribution in [0.2, 0.25) is 5.15 Å². The van der Waals surface area contributed by atoms with Crippen LogP contribution < -0.4 is 10.1 Å². The average Bonchev–Trinajstić information content (AvgIpc) is 3.03. The number of halogens is 1. The number of nitrogens with zero attached hydrogens (tertiary/aromatic N) is 4. The summed E-state index contributed by atoms with van der Waals surface area (Å²) in [5.41, 5.74) is 0.859. The van der Waals surface area contributed by atoms with E-state index in [2.05, 4.69) is 46.3 Å². The Morgan fingerprint density at radius 1 is 1.15 bits per heavy atom. The molecule has 0 aliphatic carbocycles. The van der Waals surface area contributed by atoms with Gasteiger partial charge < -0.3 is 10.1 Å². The predicted octanol–water partition coefficient (Wildman–Crippen LogP) is 4.59. The second-order valence-corrected chi connectivity index (χ2v) is 7.14. The van der Waals surface area contributed by atoms with E-state index < -0.39 is 4.92 Å². The van der Waals surface area contributed by atoms with Gasteiger partial charge in [-0.3, -0.25) is 15.2 Å². The van der Waals surface area contributed by atoms with Crippen molar-refractivity contribution in [1.29, 1.82) is 0 Å². The zero-order valence-electron chi connectivity index (χ0n) is 14.9. The van der Waals surface area contributed by atoms with Gasteiger partial charge in [0.15, 0.2) is 5.82 Å². The number of H-pyrrole nitrogens is 1. The molecule has 0 fully saturated rings. The number of hydrogen-bond donors (Lipinski definition) is 2. The van der Waals surface area contributed by atoms with Crippen LogP contribution in [-0.4, -0.2) is 25.1 Å². The highest BCUT2D eigenvalue weighted by molar-refractivity contribution is 6.29. The van der Waals surface area contributed by atoms with Crippen LogP contribution in [-0.2, 0) is 5.41 Å². The largest absolute Gasteiger partial charge is 0.424 e. The Morgan fingerprint density at radius 2 is 1.85 bits per heavy atom. The molecule has 0 radical (unpaired) electrons. The van der Waals surface area contributed by atoms with Gasteiger partial charge in [0.05, 0.1) is 4.92 Å². The van der Waals surface area contributed by atoms with E-state index in [0.29, 0.717) is 17.4 Å². The molecule has 2 N–H and O–H groups in total. The molecule has 2 heterocycles. The Hall–Kier alpha value is -3.20. The SMILES string of the molecule is CC(C)(C)c1cc(Nc2cc(Cl)nc(Oc3ccc([N+](=O)[O-])cc3)n2)n[nH]1. The lowest BCUT2D eigenvalue weighted by molar-refractivity contribution is -0.384. The van der Waals surface area contributed by atoms with Gasteiger partial charge in [0.2, 0.25) is 0 Å². The molecule has 3 aromatic rings. The lowest BCUT2D eigenvalue weighted by Crippen LogP contribution is -2.11. The number of aromatic nitrogens is 4. The molecule has 3 rings (SSSR count). The monoisotopic (exact) mass is 388 g/mol. The smallest absolute Gasteiger partial charge is 0.325 e. The second-order valence-electron chi connectivity index (χ2n) is 6.75. The van der Waals surface area contributed by atoms with Crippen LogP contribution in [0.4, 0.5) is 17.3 Å². The number of nitrogens with one attached hydrogen (secondary N) is 2. The minimum absolute atomic E-state index is 0.00503. The van der Waals surface area contributed by atoms with E-state index in [-0.39, 0.29) is 22.3 Å². The van der Waals surface area contributed by atoms with E-state index in [1.54, 1.807) is 0 Å². The summed E-state index contributed by atoms with van der Waals surface area (Å²) in [4.78, 5) is 18.5. The van der Waals surface area contributed by atoms with Crippen LogP contribution in [0.25, 0.3) is 0 Å². The summed E-state index contributed by atoms with van der Waals surface area (Å²) in [6, 6.07) is 9.00. The van der Waals surface area contributed by atoms with Gasteiger partial charge in [0, 0.05) is 35.4 Å². The number of nitro benzene ring substituents is 1. The summed E-state index contributed by atoms with van der Waals surface area (Å²) >= 11 is 6.04. The molecule has 0 amide bonds. The summed E-state index contributed by atoms with van der Waals surface area (Å²) in [5, 5.41) is 21.1. The maximum atomic E-state index is 10.7. The fourth-order valence-electron chi connectivity index (χ4n) is 2.15. The molecule has 140 valence electrons. The van der Waals surface area contributed by atoms with Gasteiger partial charge >= 0.3 is 6.01 Å². The molecule has 1 aromatic carbocycles. The number of hydrogen-bond acceptors (Lipinski definition) is 7. The van der Waals surface area contributed by atoms with Crippen LogP contribution in [0.3, 0.4) is 0 Å². The molecule has 0 bridgehead atoms. The molecule has 0 aliphatic rings. The summed E-state index contributed by atoms with van der Waals surface area (Å²) in [5.74, 6) is 1.33. The quantitative estimate of drug-likeness (QED) is 0.372. The molecular formula is C17H17ClN6O3. The maximum Gasteiger partial charge on any atom is 0.325 e. The summed E-state index contributed by atoms with van der Waals surface area (Å²) < 4.78 is 5.53. The number of benzene rings is 1. The molecule has 0 atom stereocenters. The first-order valence-electron chi connectivity index (χ1n) is 8.00. The topological polar surface area (TPSA) is 119 Å². The first-order valence-corrected chi connectivity index (χ1v) is 8.38. The number of nitro groups is 1. The van der Waals surface area contributed by atoms with Crippen LogP contribution >= 0.6 is 11.6 Å². The van der Waals surface area contributed by atoms with Crippen molar-refractivity contribution in [2.24, 2.45) is 0 Å². The van der Waals surface area contributed by atoms with Gasteiger partial charge in [0.1, 0.15) is 16.7 Å². The fraction of sp³-hybridized carbons (Fsp3) is 0.235. The van der Waals surface area contributed by atoms with Gasteiger partial charge in [-0.1, -0.05) is 32.4 Å². The standard InChI is InChI=1S/C17H17ClN6O3/c1-17(2,3)12-8-15(23-22-12)20-14-9-13(18)19-16(21-14)27-11-6-4-10(5-7-11)24(25)26/h4-9H,1-3H3,(H2,19,20,21,22,23). The third-order valence-corrected chi connectivity index (χ3v) is 3.77. The maximum absolute atomic E-state index is 10.7. The van der Waals surface area contributed by atoms with E-state index in [4.69, 9.17) is 16.3 Å². The second kappa shape index (κ2) is 7.20. The highest BCUT2D eigenvalue weighted by atomic mass is 35.5. The molecule has 0 saturated carbocycles. The van der Waals surface area contributed by atoms with Crippen molar-refractivity contribution < 1.29 is 9.66 Å². The molecule has 10 heteroatoms. The summed E-state index contributed by atoms with van der Waals surface area (Å²) in [6.45, 7) is 6.21. The molecule has 0 unspecified atom stereocenters. The first-order chi connectivity index (χ1) is 12.7. The number of ether oxygens (including phenoxy) is 1. The predicted molar refractivity (Wildman–Crippen MR) is 101 cm³/mol. The molecule has 9 nitrogen and oxygen atoms in total. The number of anilines is 2. The van der Waals surface area contributed by atoms with Crippen molar-refractivity contribution >= 4 is 28.9 Å². The zero-order valence-corrected chi connectivity index (χ0v) is 15.6. The lowest BCUT2D eigenvalue weighted by Gasteiger charge is -2.14. The number of aromatic amines is 1. The molecular weight excluding hydrogens is 372 g/mol. The lowest BCUT2D eigenvalue weighted by atomic mass is 9.92. The molecule has 2 aromatic heterocycles. The van der Waals surface area contributed by atoms with Gasteiger partial charge in [-0.25, -0.2) is 0 Å². The first kappa shape index (κ1) is 18.6.